The largest absolute Gasteiger partial charge is 0.391 e. The van der Waals surface area contributed by atoms with Crippen molar-refractivity contribution in [3.63, 3.8) is 0 Å². The Bertz CT molecular complexity index is 743. The van der Waals surface area contributed by atoms with E-state index in [0.717, 1.165) is 50.3 Å². The van der Waals surface area contributed by atoms with Gasteiger partial charge in [-0.05, 0) is 43.9 Å². The number of aliphatic hydroxyl groups excluding tert-OH is 1. The molecule has 2 fully saturated rings. The first kappa shape index (κ1) is 20.1. The van der Waals surface area contributed by atoms with E-state index < -0.39 is 10.0 Å². The fourth-order valence-electron chi connectivity index (χ4n) is 3.55. The van der Waals surface area contributed by atoms with Gasteiger partial charge >= 0.3 is 0 Å². The molecule has 0 aromatic heterocycles. The van der Waals surface area contributed by atoms with E-state index in [4.69, 9.17) is 0 Å². The van der Waals surface area contributed by atoms with Crippen LogP contribution in [0.3, 0.4) is 0 Å². The van der Waals surface area contributed by atoms with Crippen LogP contribution in [-0.4, -0.2) is 67.5 Å². The maximum Gasteiger partial charge on any atom is 0.243 e. The van der Waals surface area contributed by atoms with Crippen LogP contribution in [0, 0.1) is 0 Å². The SMILES string of the molecule is CCNC(=NCc1ccc(S(=O)(=O)N2CCCCC2)cc1)N1CC[C@@H](O)C1. The van der Waals surface area contributed by atoms with Crippen molar-refractivity contribution in [3.05, 3.63) is 29.8 Å². The van der Waals surface area contributed by atoms with Gasteiger partial charge in [0.2, 0.25) is 10.0 Å². The lowest BCUT2D eigenvalue weighted by Gasteiger charge is -2.25. The maximum atomic E-state index is 12.7. The van der Waals surface area contributed by atoms with Crippen LogP contribution in [0.15, 0.2) is 34.2 Å². The van der Waals surface area contributed by atoms with Crippen LogP contribution < -0.4 is 5.32 Å². The van der Waals surface area contributed by atoms with Gasteiger partial charge in [-0.3, -0.25) is 0 Å². The van der Waals surface area contributed by atoms with Crippen LogP contribution in [0.25, 0.3) is 0 Å². The molecular formula is C19H30N4O3S. The second kappa shape index (κ2) is 9.03. The Morgan fingerprint density at radius 3 is 2.48 bits per heavy atom. The summed E-state index contributed by atoms with van der Waals surface area (Å²) >= 11 is 0. The van der Waals surface area contributed by atoms with Crippen molar-refractivity contribution in [2.75, 3.05) is 32.7 Å². The van der Waals surface area contributed by atoms with Crippen molar-refractivity contribution >= 4 is 16.0 Å². The number of guanidine groups is 1. The third-order valence-electron chi connectivity index (χ3n) is 5.09. The van der Waals surface area contributed by atoms with Gasteiger partial charge < -0.3 is 15.3 Å². The Kier molecular flexibility index (Phi) is 6.73. The molecule has 2 heterocycles. The van der Waals surface area contributed by atoms with Crippen molar-refractivity contribution in [2.24, 2.45) is 4.99 Å². The van der Waals surface area contributed by atoms with Gasteiger partial charge in [0.05, 0.1) is 17.5 Å². The molecule has 1 atom stereocenters. The molecule has 27 heavy (non-hydrogen) atoms. The Morgan fingerprint density at radius 1 is 1.19 bits per heavy atom. The lowest BCUT2D eigenvalue weighted by Crippen LogP contribution is -2.40. The topological polar surface area (TPSA) is 85.2 Å². The summed E-state index contributed by atoms with van der Waals surface area (Å²) in [5.74, 6) is 0.791. The molecule has 7 nitrogen and oxygen atoms in total. The van der Waals surface area contributed by atoms with Gasteiger partial charge in [-0.1, -0.05) is 18.6 Å². The summed E-state index contributed by atoms with van der Waals surface area (Å²) in [5, 5.41) is 13.0. The number of aliphatic imine (C=N–C) groups is 1. The molecule has 0 amide bonds. The van der Waals surface area contributed by atoms with E-state index in [-0.39, 0.29) is 6.10 Å². The van der Waals surface area contributed by atoms with Gasteiger partial charge in [-0.15, -0.1) is 0 Å². The lowest BCUT2D eigenvalue weighted by atomic mass is 10.2. The molecular weight excluding hydrogens is 364 g/mol. The van der Waals surface area contributed by atoms with Gasteiger partial charge in [0.1, 0.15) is 0 Å². The molecule has 3 rings (SSSR count). The first-order valence-electron chi connectivity index (χ1n) is 9.81. The number of benzene rings is 1. The molecule has 0 aliphatic carbocycles. The van der Waals surface area contributed by atoms with Gasteiger partial charge in [-0.25, -0.2) is 13.4 Å². The zero-order chi connectivity index (χ0) is 19.3. The van der Waals surface area contributed by atoms with Gasteiger partial charge in [-0.2, -0.15) is 4.31 Å². The van der Waals surface area contributed by atoms with Crippen molar-refractivity contribution in [3.8, 4) is 0 Å². The number of nitrogens with one attached hydrogen (secondary N) is 1. The molecule has 2 aliphatic heterocycles. The second-order valence-corrected chi connectivity index (χ2v) is 9.11. The third-order valence-corrected chi connectivity index (χ3v) is 7.00. The summed E-state index contributed by atoms with van der Waals surface area (Å²) in [7, 11) is -3.39. The number of hydrogen-bond acceptors (Lipinski definition) is 4. The Labute approximate surface area is 162 Å². The molecule has 2 saturated heterocycles. The number of rotatable bonds is 5. The lowest BCUT2D eigenvalue weighted by molar-refractivity contribution is 0.188. The Morgan fingerprint density at radius 2 is 1.89 bits per heavy atom. The minimum Gasteiger partial charge on any atom is -0.391 e. The average Bonchev–Trinajstić information content (AvgIpc) is 3.12. The molecule has 0 saturated carbocycles. The summed E-state index contributed by atoms with van der Waals surface area (Å²) < 4.78 is 27.0. The molecule has 150 valence electrons. The fraction of sp³-hybridized carbons (Fsp3) is 0.632. The van der Waals surface area contributed by atoms with Crippen molar-refractivity contribution in [2.45, 2.75) is 50.2 Å². The number of nitrogens with zero attached hydrogens (tertiary/aromatic N) is 3. The van der Waals surface area contributed by atoms with Crippen LogP contribution >= 0.6 is 0 Å². The van der Waals surface area contributed by atoms with E-state index in [1.54, 1.807) is 16.4 Å². The highest BCUT2D eigenvalue weighted by atomic mass is 32.2. The average molecular weight is 395 g/mol. The Hall–Kier alpha value is -1.64. The number of hydrogen-bond donors (Lipinski definition) is 2. The smallest absolute Gasteiger partial charge is 0.243 e. The molecule has 8 heteroatoms. The maximum absolute atomic E-state index is 12.7. The zero-order valence-corrected chi connectivity index (χ0v) is 16.8. The first-order chi connectivity index (χ1) is 13.0. The highest BCUT2D eigenvalue weighted by molar-refractivity contribution is 7.89. The monoisotopic (exact) mass is 394 g/mol. The summed E-state index contributed by atoms with van der Waals surface area (Å²) in [6.07, 6.45) is 3.43. The minimum absolute atomic E-state index is 0.298. The summed E-state index contributed by atoms with van der Waals surface area (Å²) in [6, 6.07) is 7.04. The van der Waals surface area contributed by atoms with Crippen molar-refractivity contribution in [1.29, 1.82) is 0 Å². The van der Waals surface area contributed by atoms with Crippen LogP contribution in [0.2, 0.25) is 0 Å². The summed E-state index contributed by atoms with van der Waals surface area (Å²) in [4.78, 5) is 7.05. The van der Waals surface area contributed by atoms with E-state index in [0.29, 0.717) is 31.1 Å². The van der Waals surface area contributed by atoms with Gasteiger partial charge in [0.25, 0.3) is 0 Å². The quantitative estimate of drug-likeness (QED) is 0.582. The van der Waals surface area contributed by atoms with E-state index in [2.05, 4.69) is 15.2 Å². The standard InChI is InChI=1S/C19H30N4O3S/c1-2-20-19(22-13-10-17(24)15-22)21-14-16-6-8-18(9-7-16)27(25,26)23-11-4-3-5-12-23/h6-9,17,24H,2-5,10-15H2,1H3,(H,20,21)/t17-/m1/s1. The predicted molar refractivity (Wildman–Crippen MR) is 106 cm³/mol. The van der Waals surface area contributed by atoms with Crippen molar-refractivity contribution in [1.82, 2.24) is 14.5 Å². The van der Waals surface area contributed by atoms with Crippen LogP contribution in [0.1, 0.15) is 38.2 Å². The van der Waals surface area contributed by atoms with Crippen LogP contribution in [0.4, 0.5) is 0 Å². The molecule has 0 bridgehead atoms. The third kappa shape index (κ3) is 5.00. The molecule has 2 N–H and O–H groups in total. The molecule has 2 aliphatic rings. The van der Waals surface area contributed by atoms with Crippen LogP contribution in [-0.2, 0) is 16.6 Å². The highest BCUT2D eigenvalue weighted by Crippen LogP contribution is 2.21. The van der Waals surface area contributed by atoms with E-state index in [1.807, 2.05) is 19.1 Å². The molecule has 0 unspecified atom stereocenters. The molecule has 0 spiro atoms. The first-order valence-corrected chi connectivity index (χ1v) is 11.2. The summed E-state index contributed by atoms with van der Waals surface area (Å²) in [5.41, 5.74) is 0.961. The number of aliphatic hydroxyl groups is 1. The van der Waals surface area contributed by atoms with E-state index in [1.165, 1.54) is 0 Å². The highest BCUT2D eigenvalue weighted by Gasteiger charge is 2.26. The fourth-order valence-corrected chi connectivity index (χ4v) is 5.06. The summed E-state index contributed by atoms with van der Waals surface area (Å²) in [6.45, 7) is 5.86. The number of likely N-dealkylation sites (tertiary alicyclic amines) is 1. The van der Waals surface area contributed by atoms with Crippen molar-refractivity contribution < 1.29 is 13.5 Å². The number of β-amino-alcohol motifs (C(OH)–C–C–N with tert-alkyl or cyclic N) is 1. The normalized spacial score (nSPS) is 22.2. The number of piperidine rings is 1. The number of sulfonamides is 1. The zero-order valence-electron chi connectivity index (χ0n) is 16.0. The molecule has 1 aromatic carbocycles. The van der Waals surface area contributed by atoms with E-state index in [9.17, 15) is 13.5 Å². The Balaban J connectivity index is 1.67. The second-order valence-electron chi connectivity index (χ2n) is 7.17. The predicted octanol–water partition coefficient (Wildman–Crippen LogP) is 1.39. The van der Waals surface area contributed by atoms with Crippen LogP contribution in [0.5, 0.6) is 0 Å². The minimum atomic E-state index is -3.39. The molecule has 0 radical (unpaired) electrons. The molecule has 1 aromatic rings. The van der Waals surface area contributed by atoms with Gasteiger partial charge in [0, 0.05) is 32.7 Å². The van der Waals surface area contributed by atoms with E-state index >= 15 is 0 Å². The van der Waals surface area contributed by atoms with Gasteiger partial charge in [0.15, 0.2) is 5.96 Å².